The molecule has 2 aromatic heterocycles. The lowest BCUT2D eigenvalue weighted by Gasteiger charge is -2.29. The Hall–Kier alpha value is -4.51. The zero-order valence-corrected chi connectivity index (χ0v) is 20.3. The fraction of sp³-hybridized carbons (Fsp3) is 0.231. The van der Waals surface area contributed by atoms with Crippen molar-refractivity contribution in [3.05, 3.63) is 77.0 Å². The molecule has 1 aliphatic heterocycles. The summed E-state index contributed by atoms with van der Waals surface area (Å²) in [5.74, 6) is -1.56. The second-order valence-electron chi connectivity index (χ2n) is 8.78. The van der Waals surface area contributed by atoms with E-state index < -0.39 is 17.7 Å². The molecular formula is C26H25FN6O4. The molecule has 0 aliphatic carbocycles. The smallest absolute Gasteiger partial charge is 0.337 e. The zero-order chi connectivity index (χ0) is 26.1. The average molecular weight is 505 g/mol. The molecule has 0 saturated carbocycles. The van der Waals surface area contributed by atoms with Gasteiger partial charge in [0.25, 0.3) is 5.91 Å². The van der Waals surface area contributed by atoms with Gasteiger partial charge in [-0.05, 0) is 55.3 Å². The first kappa shape index (κ1) is 24.2. The summed E-state index contributed by atoms with van der Waals surface area (Å²) >= 11 is 0. The molecule has 10 nitrogen and oxygen atoms in total. The molecule has 3 heterocycles. The van der Waals surface area contributed by atoms with Crippen LogP contribution in [0.15, 0.2) is 48.9 Å². The normalized spacial score (nSPS) is 13.5. The second kappa shape index (κ2) is 9.86. The van der Waals surface area contributed by atoms with E-state index in [1.165, 1.54) is 29.2 Å². The minimum Gasteiger partial charge on any atom is -0.478 e. The first-order valence-electron chi connectivity index (χ1n) is 11.7. The van der Waals surface area contributed by atoms with Crippen LogP contribution in [0.1, 0.15) is 31.8 Å². The number of ether oxygens (including phenoxy) is 1. The minimum absolute atomic E-state index is 0.132. The number of halogens is 1. The van der Waals surface area contributed by atoms with Crippen molar-refractivity contribution in [1.82, 2.24) is 14.6 Å². The van der Waals surface area contributed by atoms with Crippen LogP contribution in [0.4, 0.5) is 27.3 Å². The standard InChI is InChI=1S/C26H25FN6O4/c1-15-3-4-19(30-25(34)17-9-18(27)11-20(10-17)32-5-7-37-8-6-32)12-22(15)31-24-23-16(2)21(26(35)36)13-33(23)29-14-28-24/h3-4,9-14H,5-8H2,1-2H3,(H,30,34)(H,35,36)(H,28,29,31). The van der Waals surface area contributed by atoms with Crippen molar-refractivity contribution in [2.45, 2.75) is 13.8 Å². The van der Waals surface area contributed by atoms with E-state index in [1.54, 1.807) is 25.1 Å². The number of nitrogens with one attached hydrogen (secondary N) is 2. The van der Waals surface area contributed by atoms with Crippen molar-refractivity contribution in [1.29, 1.82) is 0 Å². The molecule has 1 saturated heterocycles. The number of carboxylic acids is 1. The Bertz CT molecular complexity index is 1510. The van der Waals surface area contributed by atoms with E-state index in [-0.39, 0.29) is 11.1 Å². The summed E-state index contributed by atoms with van der Waals surface area (Å²) in [4.78, 5) is 30.9. The number of anilines is 4. The number of aromatic carboxylic acids is 1. The maximum Gasteiger partial charge on any atom is 0.337 e. The van der Waals surface area contributed by atoms with Gasteiger partial charge in [0, 0.05) is 41.9 Å². The first-order chi connectivity index (χ1) is 17.8. The molecule has 0 spiro atoms. The topological polar surface area (TPSA) is 121 Å². The molecule has 37 heavy (non-hydrogen) atoms. The first-order valence-corrected chi connectivity index (χ1v) is 11.7. The van der Waals surface area contributed by atoms with Gasteiger partial charge in [-0.25, -0.2) is 18.7 Å². The van der Waals surface area contributed by atoms with Gasteiger partial charge in [-0.15, -0.1) is 0 Å². The molecule has 4 aromatic rings. The molecule has 0 radical (unpaired) electrons. The van der Waals surface area contributed by atoms with Gasteiger partial charge in [-0.1, -0.05) is 6.07 Å². The largest absolute Gasteiger partial charge is 0.478 e. The van der Waals surface area contributed by atoms with Gasteiger partial charge in [0.1, 0.15) is 17.7 Å². The number of morpholine rings is 1. The van der Waals surface area contributed by atoms with E-state index in [9.17, 15) is 19.1 Å². The number of amides is 1. The van der Waals surface area contributed by atoms with E-state index in [1.807, 2.05) is 17.9 Å². The van der Waals surface area contributed by atoms with Crippen molar-refractivity contribution >= 4 is 40.3 Å². The summed E-state index contributed by atoms with van der Waals surface area (Å²) in [6.45, 7) is 5.94. The van der Waals surface area contributed by atoms with E-state index >= 15 is 0 Å². The fourth-order valence-electron chi connectivity index (χ4n) is 4.34. The summed E-state index contributed by atoms with van der Waals surface area (Å²) in [6, 6.07) is 9.61. The molecule has 5 rings (SSSR count). The third kappa shape index (κ3) is 4.94. The van der Waals surface area contributed by atoms with E-state index in [0.29, 0.717) is 60.3 Å². The third-order valence-corrected chi connectivity index (χ3v) is 6.33. The van der Waals surface area contributed by atoms with Gasteiger partial charge in [0.05, 0.1) is 18.8 Å². The molecule has 0 atom stereocenters. The maximum absolute atomic E-state index is 14.4. The molecule has 1 fully saturated rings. The highest BCUT2D eigenvalue weighted by Crippen LogP contribution is 2.29. The van der Waals surface area contributed by atoms with Crippen LogP contribution in [0.2, 0.25) is 0 Å². The predicted molar refractivity (Wildman–Crippen MR) is 137 cm³/mol. The van der Waals surface area contributed by atoms with E-state index in [0.717, 1.165) is 5.56 Å². The predicted octanol–water partition coefficient (Wildman–Crippen LogP) is 4.02. The number of carbonyl (C=O) groups excluding carboxylic acids is 1. The van der Waals surface area contributed by atoms with Gasteiger partial charge < -0.3 is 25.4 Å². The maximum atomic E-state index is 14.4. The van der Waals surface area contributed by atoms with Gasteiger partial charge in [-0.2, -0.15) is 5.10 Å². The molecule has 1 aliphatic rings. The number of hydrogen-bond acceptors (Lipinski definition) is 7. The van der Waals surface area contributed by atoms with Crippen LogP contribution in [0.3, 0.4) is 0 Å². The number of carboxylic acid groups (broad SMARTS) is 1. The molecule has 11 heteroatoms. The Morgan fingerprint density at radius 2 is 1.89 bits per heavy atom. The molecule has 3 N–H and O–H groups in total. The van der Waals surface area contributed by atoms with Crippen LogP contribution in [0.5, 0.6) is 0 Å². The highest BCUT2D eigenvalue weighted by molar-refractivity contribution is 6.05. The van der Waals surface area contributed by atoms with Crippen molar-refractivity contribution in [3.8, 4) is 0 Å². The van der Waals surface area contributed by atoms with Crippen LogP contribution >= 0.6 is 0 Å². The lowest BCUT2D eigenvalue weighted by atomic mass is 10.1. The van der Waals surface area contributed by atoms with Crippen molar-refractivity contribution in [2.24, 2.45) is 0 Å². The third-order valence-electron chi connectivity index (χ3n) is 6.33. The quantitative estimate of drug-likeness (QED) is 0.360. The fourth-order valence-corrected chi connectivity index (χ4v) is 4.34. The Labute approximate surface area is 211 Å². The minimum atomic E-state index is -1.05. The number of aromatic nitrogens is 3. The molecule has 0 unspecified atom stereocenters. The number of benzene rings is 2. The van der Waals surface area contributed by atoms with E-state index in [4.69, 9.17) is 4.74 Å². The monoisotopic (exact) mass is 504 g/mol. The van der Waals surface area contributed by atoms with Crippen LogP contribution in [-0.4, -0.2) is 57.9 Å². The summed E-state index contributed by atoms with van der Waals surface area (Å²) in [5, 5.41) is 19.6. The van der Waals surface area contributed by atoms with Gasteiger partial charge in [0.15, 0.2) is 5.82 Å². The Balaban J connectivity index is 1.40. The summed E-state index contributed by atoms with van der Waals surface area (Å²) in [5.41, 5.74) is 4.06. The molecule has 0 bridgehead atoms. The van der Waals surface area contributed by atoms with Crippen molar-refractivity contribution < 1.29 is 23.8 Å². The lowest BCUT2D eigenvalue weighted by molar-refractivity contribution is 0.0696. The highest BCUT2D eigenvalue weighted by atomic mass is 19.1. The lowest BCUT2D eigenvalue weighted by Crippen LogP contribution is -2.36. The number of fused-ring (bicyclic) bond motifs is 1. The Morgan fingerprint density at radius 1 is 1.11 bits per heavy atom. The molecule has 190 valence electrons. The Kier molecular flexibility index (Phi) is 6.45. The molecule has 1 amide bonds. The van der Waals surface area contributed by atoms with Gasteiger partial charge in [0.2, 0.25) is 0 Å². The van der Waals surface area contributed by atoms with E-state index in [2.05, 4.69) is 20.7 Å². The van der Waals surface area contributed by atoms with Gasteiger partial charge in [-0.3, -0.25) is 4.79 Å². The summed E-state index contributed by atoms with van der Waals surface area (Å²) < 4.78 is 21.2. The number of nitrogens with zero attached hydrogens (tertiary/aromatic N) is 4. The zero-order valence-electron chi connectivity index (χ0n) is 20.3. The SMILES string of the molecule is Cc1ccc(NC(=O)c2cc(F)cc(N3CCOCC3)c2)cc1Nc1ncnn2cc(C(=O)O)c(C)c12. The number of carbonyl (C=O) groups is 2. The van der Waals surface area contributed by atoms with Crippen LogP contribution in [0.25, 0.3) is 5.52 Å². The van der Waals surface area contributed by atoms with Crippen LogP contribution in [-0.2, 0) is 4.74 Å². The van der Waals surface area contributed by atoms with Crippen molar-refractivity contribution in [3.63, 3.8) is 0 Å². The van der Waals surface area contributed by atoms with Crippen LogP contribution < -0.4 is 15.5 Å². The van der Waals surface area contributed by atoms with Crippen LogP contribution in [0, 0.1) is 19.7 Å². The summed E-state index contributed by atoms with van der Waals surface area (Å²) in [6.07, 6.45) is 2.77. The van der Waals surface area contributed by atoms with Crippen molar-refractivity contribution in [2.75, 3.05) is 41.8 Å². The number of rotatable bonds is 6. The second-order valence-corrected chi connectivity index (χ2v) is 8.78. The summed E-state index contributed by atoms with van der Waals surface area (Å²) in [7, 11) is 0. The average Bonchev–Trinajstić information content (AvgIpc) is 3.24. The Morgan fingerprint density at radius 3 is 2.65 bits per heavy atom. The number of hydrogen-bond donors (Lipinski definition) is 3. The van der Waals surface area contributed by atoms with Gasteiger partial charge >= 0.3 is 5.97 Å². The molecular weight excluding hydrogens is 479 g/mol. The highest BCUT2D eigenvalue weighted by Gasteiger charge is 2.19. The molecule has 2 aromatic carbocycles. The number of aryl methyl sites for hydroxylation is 2.